The predicted octanol–water partition coefficient (Wildman–Crippen LogP) is 0.142. The monoisotopic (exact) mass is 290 g/mol. The summed E-state index contributed by atoms with van der Waals surface area (Å²) in [5.74, 6) is 1.23. The van der Waals surface area contributed by atoms with Crippen molar-refractivity contribution >= 4 is 11.7 Å². The van der Waals surface area contributed by atoms with E-state index in [1.54, 1.807) is 0 Å². The Bertz CT molecular complexity index is 487. The maximum absolute atomic E-state index is 11.8. The van der Waals surface area contributed by atoms with Crippen LogP contribution >= 0.6 is 0 Å². The Hall–Kier alpha value is -1.66. The first-order valence-electron chi connectivity index (χ1n) is 7.52. The van der Waals surface area contributed by atoms with E-state index in [2.05, 4.69) is 27.4 Å². The summed E-state index contributed by atoms with van der Waals surface area (Å²) in [4.78, 5) is 18.5. The molecule has 2 aliphatic rings. The lowest BCUT2D eigenvalue weighted by molar-refractivity contribution is -0.126. The number of hydrogen-bond acceptors (Lipinski definition) is 5. The molecule has 2 saturated heterocycles. The standard InChI is InChI=1S/C15H22N4O2/c1-11-10-19(4-5-21-11)14-3-2-12(6-17-14)7-18-15(20)13-8-16-9-13/h2-3,6,11,13,16H,4-5,7-10H2,1H3,(H,18,20). The maximum Gasteiger partial charge on any atom is 0.225 e. The molecule has 0 radical (unpaired) electrons. The topological polar surface area (TPSA) is 66.5 Å². The maximum atomic E-state index is 11.8. The molecule has 0 aromatic carbocycles. The zero-order valence-electron chi connectivity index (χ0n) is 12.3. The second kappa shape index (κ2) is 6.41. The molecule has 114 valence electrons. The van der Waals surface area contributed by atoms with E-state index < -0.39 is 0 Å². The lowest BCUT2D eigenvalue weighted by Gasteiger charge is -2.32. The van der Waals surface area contributed by atoms with Crippen molar-refractivity contribution in [3.63, 3.8) is 0 Å². The number of anilines is 1. The molecule has 1 aromatic rings. The Morgan fingerprint density at radius 2 is 2.38 bits per heavy atom. The quantitative estimate of drug-likeness (QED) is 0.826. The third-order valence-electron chi connectivity index (χ3n) is 3.99. The highest BCUT2D eigenvalue weighted by atomic mass is 16.5. The summed E-state index contributed by atoms with van der Waals surface area (Å²) in [6, 6.07) is 4.05. The molecule has 3 heterocycles. The van der Waals surface area contributed by atoms with Crippen LogP contribution in [0.3, 0.4) is 0 Å². The Morgan fingerprint density at radius 1 is 1.52 bits per heavy atom. The van der Waals surface area contributed by atoms with Gasteiger partial charge in [0.05, 0.1) is 18.6 Å². The SMILES string of the molecule is CC1CN(c2ccc(CNC(=O)C3CNC3)cn2)CCO1. The van der Waals surface area contributed by atoms with Crippen LogP contribution in [0, 0.1) is 5.92 Å². The number of amides is 1. The molecule has 6 nitrogen and oxygen atoms in total. The molecule has 1 aromatic heterocycles. The molecule has 1 atom stereocenters. The molecule has 2 fully saturated rings. The fourth-order valence-electron chi connectivity index (χ4n) is 2.54. The van der Waals surface area contributed by atoms with Gasteiger partial charge in [0, 0.05) is 38.9 Å². The van der Waals surface area contributed by atoms with E-state index in [0.717, 1.165) is 44.2 Å². The number of nitrogens with one attached hydrogen (secondary N) is 2. The summed E-state index contributed by atoms with van der Waals surface area (Å²) < 4.78 is 5.53. The van der Waals surface area contributed by atoms with Gasteiger partial charge in [-0.3, -0.25) is 4.79 Å². The van der Waals surface area contributed by atoms with Gasteiger partial charge in [-0.1, -0.05) is 6.07 Å². The molecule has 1 unspecified atom stereocenters. The third-order valence-corrected chi connectivity index (χ3v) is 3.99. The number of morpholine rings is 1. The van der Waals surface area contributed by atoms with Crippen molar-refractivity contribution < 1.29 is 9.53 Å². The first-order chi connectivity index (χ1) is 10.2. The zero-order valence-corrected chi connectivity index (χ0v) is 12.3. The molecule has 0 aliphatic carbocycles. The predicted molar refractivity (Wildman–Crippen MR) is 80.1 cm³/mol. The van der Waals surface area contributed by atoms with Crippen molar-refractivity contribution in [3.05, 3.63) is 23.9 Å². The smallest absolute Gasteiger partial charge is 0.225 e. The van der Waals surface area contributed by atoms with Crippen LogP contribution in [-0.2, 0) is 16.1 Å². The minimum atomic E-state index is 0.125. The van der Waals surface area contributed by atoms with Crippen molar-refractivity contribution in [1.82, 2.24) is 15.6 Å². The summed E-state index contributed by atoms with van der Waals surface area (Å²) in [5.41, 5.74) is 1.03. The van der Waals surface area contributed by atoms with Crippen molar-refractivity contribution in [1.29, 1.82) is 0 Å². The lowest BCUT2D eigenvalue weighted by Crippen LogP contribution is -2.50. The minimum absolute atomic E-state index is 0.125. The third kappa shape index (κ3) is 3.51. The van der Waals surface area contributed by atoms with Gasteiger partial charge in [-0.05, 0) is 18.6 Å². The molecular formula is C15H22N4O2. The molecular weight excluding hydrogens is 268 g/mol. The van der Waals surface area contributed by atoms with Crippen molar-refractivity contribution in [2.24, 2.45) is 5.92 Å². The number of pyridine rings is 1. The average Bonchev–Trinajstić information content (AvgIpc) is 2.44. The first kappa shape index (κ1) is 14.3. The Labute approximate surface area is 124 Å². The largest absolute Gasteiger partial charge is 0.375 e. The van der Waals surface area contributed by atoms with Gasteiger partial charge in [0.25, 0.3) is 0 Å². The van der Waals surface area contributed by atoms with E-state index in [-0.39, 0.29) is 17.9 Å². The highest BCUT2D eigenvalue weighted by Gasteiger charge is 2.24. The number of rotatable bonds is 4. The number of nitrogens with zero attached hydrogens (tertiary/aromatic N) is 2. The van der Waals surface area contributed by atoms with E-state index in [0.29, 0.717) is 6.54 Å². The molecule has 21 heavy (non-hydrogen) atoms. The van der Waals surface area contributed by atoms with Gasteiger partial charge in [-0.25, -0.2) is 4.98 Å². The highest BCUT2D eigenvalue weighted by Crippen LogP contribution is 2.15. The number of ether oxygens (including phenoxy) is 1. The normalized spacial score (nSPS) is 22.7. The zero-order chi connectivity index (χ0) is 14.7. The molecule has 0 spiro atoms. The fourth-order valence-corrected chi connectivity index (χ4v) is 2.54. The molecule has 3 rings (SSSR count). The van der Waals surface area contributed by atoms with Gasteiger partial charge in [0.15, 0.2) is 0 Å². The van der Waals surface area contributed by atoms with Crippen LogP contribution in [0.25, 0.3) is 0 Å². The van der Waals surface area contributed by atoms with Crippen LogP contribution in [0.15, 0.2) is 18.3 Å². The van der Waals surface area contributed by atoms with Crippen molar-refractivity contribution in [2.75, 3.05) is 37.7 Å². The van der Waals surface area contributed by atoms with Gasteiger partial charge in [-0.15, -0.1) is 0 Å². The summed E-state index contributed by atoms with van der Waals surface area (Å²) in [6.07, 6.45) is 2.09. The molecule has 6 heteroatoms. The number of carbonyl (C=O) groups is 1. The number of aromatic nitrogens is 1. The van der Waals surface area contributed by atoms with Crippen LogP contribution in [-0.4, -0.2) is 49.8 Å². The van der Waals surface area contributed by atoms with Crippen LogP contribution in [0.4, 0.5) is 5.82 Å². The van der Waals surface area contributed by atoms with Gasteiger partial charge in [0.1, 0.15) is 5.82 Å². The van der Waals surface area contributed by atoms with E-state index in [4.69, 9.17) is 4.74 Å². The van der Waals surface area contributed by atoms with Crippen LogP contribution < -0.4 is 15.5 Å². The summed E-state index contributed by atoms with van der Waals surface area (Å²) in [5, 5.41) is 6.05. The van der Waals surface area contributed by atoms with Gasteiger partial charge >= 0.3 is 0 Å². The van der Waals surface area contributed by atoms with Crippen LogP contribution in [0.2, 0.25) is 0 Å². The number of hydrogen-bond donors (Lipinski definition) is 2. The lowest BCUT2D eigenvalue weighted by atomic mass is 10.0. The Kier molecular flexibility index (Phi) is 4.36. The second-order valence-corrected chi connectivity index (χ2v) is 5.73. The van der Waals surface area contributed by atoms with Crippen molar-refractivity contribution in [3.8, 4) is 0 Å². The molecule has 2 N–H and O–H groups in total. The van der Waals surface area contributed by atoms with E-state index in [1.165, 1.54) is 0 Å². The van der Waals surface area contributed by atoms with Crippen LogP contribution in [0.1, 0.15) is 12.5 Å². The summed E-state index contributed by atoms with van der Waals surface area (Å²) in [7, 11) is 0. The molecule has 0 saturated carbocycles. The fraction of sp³-hybridized carbons (Fsp3) is 0.600. The minimum Gasteiger partial charge on any atom is -0.375 e. The van der Waals surface area contributed by atoms with E-state index in [9.17, 15) is 4.79 Å². The Balaban J connectivity index is 1.52. The Morgan fingerprint density at radius 3 is 3.00 bits per heavy atom. The molecule has 2 aliphatic heterocycles. The summed E-state index contributed by atoms with van der Waals surface area (Å²) in [6.45, 7) is 6.69. The highest BCUT2D eigenvalue weighted by molar-refractivity contribution is 5.79. The van der Waals surface area contributed by atoms with Crippen molar-refractivity contribution in [2.45, 2.75) is 19.6 Å². The molecule has 0 bridgehead atoms. The average molecular weight is 290 g/mol. The van der Waals surface area contributed by atoms with Gasteiger partial charge in [-0.2, -0.15) is 0 Å². The first-order valence-corrected chi connectivity index (χ1v) is 7.52. The van der Waals surface area contributed by atoms with Gasteiger partial charge in [0.2, 0.25) is 5.91 Å². The van der Waals surface area contributed by atoms with Gasteiger partial charge < -0.3 is 20.3 Å². The summed E-state index contributed by atoms with van der Waals surface area (Å²) >= 11 is 0. The van der Waals surface area contributed by atoms with Crippen LogP contribution in [0.5, 0.6) is 0 Å². The number of carbonyl (C=O) groups excluding carboxylic acids is 1. The second-order valence-electron chi connectivity index (χ2n) is 5.73. The van der Waals surface area contributed by atoms with E-state index >= 15 is 0 Å². The van der Waals surface area contributed by atoms with E-state index in [1.807, 2.05) is 18.3 Å². The molecule has 1 amide bonds.